The van der Waals surface area contributed by atoms with Crippen LogP contribution in [0.1, 0.15) is 45.6 Å². The number of anilines is 1. The highest BCUT2D eigenvalue weighted by atomic mass is 16.2. The fraction of sp³-hybridized carbons (Fsp3) is 0.619. The van der Waals surface area contributed by atoms with Gasteiger partial charge in [0.1, 0.15) is 0 Å². The van der Waals surface area contributed by atoms with E-state index in [4.69, 9.17) is 0 Å². The van der Waals surface area contributed by atoms with Crippen LogP contribution in [0.2, 0.25) is 0 Å². The Hall–Kier alpha value is -1.88. The lowest BCUT2D eigenvalue weighted by atomic mass is 9.94. The normalized spacial score (nSPS) is 19.1. The molecule has 5 heteroatoms. The van der Waals surface area contributed by atoms with Gasteiger partial charge in [-0.25, -0.2) is 0 Å². The minimum Gasteiger partial charge on any atom is -0.353 e. The highest BCUT2D eigenvalue weighted by molar-refractivity contribution is 5.96. The molecular formula is C21H31N3O2. The highest BCUT2D eigenvalue weighted by Crippen LogP contribution is 2.27. The van der Waals surface area contributed by atoms with Gasteiger partial charge in [-0.05, 0) is 37.3 Å². The summed E-state index contributed by atoms with van der Waals surface area (Å²) in [5.74, 6) is 0.297. The van der Waals surface area contributed by atoms with Crippen molar-refractivity contribution in [2.75, 3.05) is 31.1 Å². The van der Waals surface area contributed by atoms with Crippen molar-refractivity contribution in [2.24, 2.45) is 5.41 Å². The third-order valence-corrected chi connectivity index (χ3v) is 5.37. The number of nitrogens with zero attached hydrogens (tertiary/aromatic N) is 2. The predicted molar refractivity (Wildman–Crippen MR) is 104 cm³/mol. The van der Waals surface area contributed by atoms with Crippen LogP contribution >= 0.6 is 0 Å². The molecule has 1 saturated heterocycles. The van der Waals surface area contributed by atoms with E-state index in [9.17, 15) is 9.59 Å². The number of likely N-dealkylation sites (tertiary alicyclic amines) is 1. The maximum absolute atomic E-state index is 12.8. The summed E-state index contributed by atoms with van der Waals surface area (Å²) in [5, 5.41) is 3.15. The molecule has 0 aliphatic carbocycles. The van der Waals surface area contributed by atoms with Crippen molar-refractivity contribution in [2.45, 2.75) is 52.5 Å². The van der Waals surface area contributed by atoms with Crippen LogP contribution in [0.3, 0.4) is 0 Å². The predicted octanol–water partition coefficient (Wildman–Crippen LogP) is 2.59. The van der Waals surface area contributed by atoms with Gasteiger partial charge in [-0.1, -0.05) is 39.0 Å². The summed E-state index contributed by atoms with van der Waals surface area (Å²) < 4.78 is 0. The number of piperidine rings is 1. The molecule has 1 aromatic carbocycles. The second kappa shape index (κ2) is 7.78. The van der Waals surface area contributed by atoms with Gasteiger partial charge in [-0.3, -0.25) is 14.5 Å². The summed E-state index contributed by atoms with van der Waals surface area (Å²) in [6.07, 6.45) is 3.90. The van der Waals surface area contributed by atoms with Gasteiger partial charge in [0.15, 0.2) is 0 Å². The van der Waals surface area contributed by atoms with E-state index in [1.807, 2.05) is 37.8 Å². The van der Waals surface area contributed by atoms with Gasteiger partial charge in [-0.2, -0.15) is 0 Å². The van der Waals surface area contributed by atoms with E-state index in [2.05, 4.69) is 22.3 Å². The van der Waals surface area contributed by atoms with Crippen LogP contribution in [0.15, 0.2) is 24.3 Å². The number of hydrogen-bond donors (Lipinski definition) is 1. The SMILES string of the molecule is CC(C)(C)C(=O)NC1CCN(CC(=O)N2CCCc3ccccc32)CC1. The van der Waals surface area contributed by atoms with Crippen LogP contribution in [0, 0.1) is 5.41 Å². The Kier molecular flexibility index (Phi) is 5.66. The first-order chi connectivity index (χ1) is 12.3. The minimum atomic E-state index is -0.352. The third kappa shape index (κ3) is 4.44. The summed E-state index contributed by atoms with van der Waals surface area (Å²) in [6.45, 7) is 8.81. The number of carbonyl (C=O) groups is 2. The second-order valence-electron chi connectivity index (χ2n) is 8.55. The summed E-state index contributed by atoms with van der Waals surface area (Å²) in [7, 11) is 0. The van der Waals surface area contributed by atoms with Crippen molar-refractivity contribution in [1.29, 1.82) is 0 Å². The zero-order chi connectivity index (χ0) is 18.7. The Bertz CT molecular complexity index is 657. The fourth-order valence-electron chi connectivity index (χ4n) is 3.71. The van der Waals surface area contributed by atoms with Crippen LogP contribution in [0.4, 0.5) is 5.69 Å². The lowest BCUT2D eigenvalue weighted by Crippen LogP contribution is -2.50. The molecule has 0 unspecified atom stereocenters. The Morgan fingerprint density at radius 3 is 2.50 bits per heavy atom. The number of nitrogens with one attached hydrogen (secondary N) is 1. The number of fused-ring (bicyclic) bond motifs is 1. The molecule has 2 aliphatic heterocycles. The molecule has 142 valence electrons. The van der Waals surface area contributed by atoms with Gasteiger partial charge >= 0.3 is 0 Å². The average Bonchev–Trinajstić information content (AvgIpc) is 2.62. The van der Waals surface area contributed by atoms with Gasteiger partial charge in [0.25, 0.3) is 0 Å². The van der Waals surface area contributed by atoms with Crippen LogP contribution in [0.25, 0.3) is 0 Å². The van der Waals surface area contributed by atoms with Crippen LogP contribution in [0.5, 0.6) is 0 Å². The molecule has 0 atom stereocenters. The lowest BCUT2D eigenvalue weighted by molar-refractivity contribution is -0.129. The molecule has 1 fully saturated rings. The molecule has 0 bridgehead atoms. The van der Waals surface area contributed by atoms with Gasteiger partial charge in [0.2, 0.25) is 11.8 Å². The number of benzene rings is 1. The van der Waals surface area contributed by atoms with E-state index < -0.39 is 0 Å². The molecule has 2 amide bonds. The van der Waals surface area contributed by atoms with Crippen LogP contribution < -0.4 is 10.2 Å². The standard InChI is InChI=1S/C21H31N3O2/c1-21(2,3)20(26)22-17-10-13-23(14-11-17)15-19(25)24-12-6-8-16-7-4-5-9-18(16)24/h4-5,7,9,17H,6,8,10-15H2,1-3H3,(H,22,26). The summed E-state index contributed by atoms with van der Waals surface area (Å²) in [5.41, 5.74) is 2.00. The molecular weight excluding hydrogens is 326 g/mol. The first-order valence-electron chi connectivity index (χ1n) is 9.76. The highest BCUT2D eigenvalue weighted by Gasteiger charge is 2.28. The molecule has 0 aromatic heterocycles. The Balaban J connectivity index is 1.51. The van der Waals surface area contributed by atoms with E-state index in [1.54, 1.807) is 0 Å². The zero-order valence-electron chi connectivity index (χ0n) is 16.3. The molecule has 1 aromatic rings. The summed E-state index contributed by atoms with van der Waals surface area (Å²) in [6, 6.07) is 8.46. The topological polar surface area (TPSA) is 52.7 Å². The van der Waals surface area contributed by atoms with Crippen molar-refractivity contribution in [1.82, 2.24) is 10.2 Å². The van der Waals surface area contributed by atoms with Crippen molar-refractivity contribution >= 4 is 17.5 Å². The molecule has 26 heavy (non-hydrogen) atoms. The van der Waals surface area contributed by atoms with Crippen molar-refractivity contribution in [3.8, 4) is 0 Å². The largest absolute Gasteiger partial charge is 0.353 e. The van der Waals surface area contributed by atoms with Crippen molar-refractivity contribution in [3.63, 3.8) is 0 Å². The monoisotopic (exact) mass is 357 g/mol. The average molecular weight is 357 g/mol. The maximum Gasteiger partial charge on any atom is 0.241 e. The number of para-hydroxylation sites is 1. The molecule has 0 radical (unpaired) electrons. The third-order valence-electron chi connectivity index (χ3n) is 5.37. The Labute approximate surface area is 156 Å². The van der Waals surface area contributed by atoms with Crippen LogP contribution in [-0.2, 0) is 16.0 Å². The number of amides is 2. The van der Waals surface area contributed by atoms with E-state index in [-0.39, 0.29) is 23.3 Å². The fourth-order valence-corrected chi connectivity index (χ4v) is 3.71. The first-order valence-corrected chi connectivity index (χ1v) is 9.76. The quantitative estimate of drug-likeness (QED) is 0.905. The first kappa shape index (κ1) is 18.9. The van der Waals surface area contributed by atoms with Gasteiger partial charge < -0.3 is 10.2 Å². The molecule has 3 rings (SSSR count). The second-order valence-corrected chi connectivity index (χ2v) is 8.55. The number of rotatable bonds is 3. The van der Waals surface area contributed by atoms with Crippen LogP contribution in [-0.4, -0.2) is 48.9 Å². The Morgan fingerprint density at radius 1 is 1.12 bits per heavy atom. The van der Waals surface area contributed by atoms with Gasteiger partial charge in [0.05, 0.1) is 6.54 Å². The maximum atomic E-state index is 12.8. The van der Waals surface area contributed by atoms with E-state index >= 15 is 0 Å². The zero-order valence-corrected chi connectivity index (χ0v) is 16.3. The Morgan fingerprint density at radius 2 is 1.81 bits per heavy atom. The molecule has 2 aliphatic rings. The number of aryl methyl sites for hydroxylation is 1. The number of carbonyl (C=O) groups excluding carboxylic acids is 2. The van der Waals surface area contributed by atoms with E-state index in [1.165, 1.54) is 5.56 Å². The minimum absolute atomic E-state index is 0.108. The smallest absolute Gasteiger partial charge is 0.241 e. The summed E-state index contributed by atoms with van der Waals surface area (Å²) in [4.78, 5) is 29.1. The van der Waals surface area contributed by atoms with E-state index in [0.717, 1.165) is 51.0 Å². The summed E-state index contributed by atoms with van der Waals surface area (Å²) >= 11 is 0. The molecule has 1 N–H and O–H groups in total. The number of hydrogen-bond acceptors (Lipinski definition) is 3. The van der Waals surface area contributed by atoms with Gasteiger partial charge in [0, 0.05) is 36.8 Å². The van der Waals surface area contributed by atoms with E-state index in [0.29, 0.717) is 6.54 Å². The van der Waals surface area contributed by atoms with Crippen molar-refractivity contribution < 1.29 is 9.59 Å². The van der Waals surface area contributed by atoms with Gasteiger partial charge in [-0.15, -0.1) is 0 Å². The molecule has 0 spiro atoms. The lowest BCUT2D eigenvalue weighted by Gasteiger charge is -2.35. The molecule has 5 nitrogen and oxygen atoms in total. The van der Waals surface area contributed by atoms with Crippen molar-refractivity contribution in [3.05, 3.63) is 29.8 Å². The molecule has 0 saturated carbocycles. The molecule has 2 heterocycles.